The van der Waals surface area contributed by atoms with Gasteiger partial charge in [-0.05, 0) is 30.7 Å². The van der Waals surface area contributed by atoms with Crippen LogP contribution in [0.25, 0.3) is 6.08 Å². The Hall–Kier alpha value is -1.35. The first-order chi connectivity index (χ1) is 7.13. The molecule has 0 fully saturated rings. The van der Waals surface area contributed by atoms with Crippen molar-refractivity contribution in [3.05, 3.63) is 40.7 Å². The first kappa shape index (κ1) is 11.7. The van der Waals surface area contributed by atoms with Crippen molar-refractivity contribution >= 4 is 23.6 Å². The third-order valence-electron chi connectivity index (χ3n) is 1.61. The van der Waals surface area contributed by atoms with Gasteiger partial charge < -0.3 is 4.74 Å². The van der Waals surface area contributed by atoms with Crippen LogP contribution in [0.2, 0.25) is 5.02 Å². The molecule has 0 saturated carbocycles. The highest BCUT2D eigenvalue weighted by atomic mass is 35.5. The Morgan fingerprint density at radius 3 is 2.93 bits per heavy atom. The minimum absolute atomic E-state index is 0.148. The zero-order chi connectivity index (χ0) is 11.3. The average Bonchev–Trinajstić information content (AvgIpc) is 2.18. The van der Waals surface area contributed by atoms with E-state index in [1.165, 1.54) is 0 Å². The number of hydrogen-bond donors (Lipinski definition) is 0. The molecule has 0 radical (unpaired) electrons. The molecule has 4 heteroatoms. The van der Waals surface area contributed by atoms with Crippen molar-refractivity contribution in [1.29, 1.82) is 0 Å². The van der Waals surface area contributed by atoms with Crippen molar-refractivity contribution in [2.24, 2.45) is 0 Å². The van der Waals surface area contributed by atoms with E-state index in [2.05, 4.69) is 4.74 Å². The summed E-state index contributed by atoms with van der Waals surface area (Å²) in [5, 5.41) is 0.486. The summed E-state index contributed by atoms with van der Waals surface area (Å²) in [4.78, 5) is 10.9. The molecule has 0 unspecified atom stereocenters. The van der Waals surface area contributed by atoms with E-state index in [4.69, 9.17) is 11.6 Å². The SMILES string of the molecule is CCOC(=O)/C(F)=C\c1cccc(Cl)c1. The fourth-order valence-electron chi connectivity index (χ4n) is 1.00. The van der Waals surface area contributed by atoms with Gasteiger partial charge in [0.1, 0.15) is 0 Å². The molecular weight excluding hydrogens is 219 g/mol. The molecular formula is C11H10ClFO2. The van der Waals surface area contributed by atoms with Gasteiger partial charge in [-0.2, -0.15) is 4.39 Å². The quantitative estimate of drug-likeness (QED) is 0.587. The van der Waals surface area contributed by atoms with Crippen LogP contribution in [0, 0.1) is 0 Å². The van der Waals surface area contributed by atoms with Crippen molar-refractivity contribution in [1.82, 2.24) is 0 Å². The number of carbonyl (C=O) groups excluding carboxylic acids is 1. The first-order valence-electron chi connectivity index (χ1n) is 4.43. The van der Waals surface area contributed by atoms with E-state index >= 15 is 0 Å². The third-order valence-corrected chi connectivity index (χ3v) is 1.85. The average molecular weight is 229 g/mol. The van der Waals surface area contributed by atoms with Gasteiger partial charge in [0.05, 0.1) is 6.61 Å². The highest BCUT2D eigenvalue weighted by Gasteiger charge is 2.08. The second kappa shape index (κ2) is 5.51. The van der Waals surface area contributed by atoms with Crippen LogP contribution in [0.15, 0.2) is 30.1 Å². The zero-order valence-electron chi connectivity index (χ0n) is 8.17. The van der Waals surface area contributed by atoms with Gasteiger partial charge in [-0.15, -0.1) is 0 Å². The summed E-state index contributed by atoms with van der Waals surface area (Å²) in [6.45, 7) is 1.76. The molecule has 15 heavy (non-hydrogen) atoms. The van der Waals surface area contributed by atoms with Gasteiger partial charge in [-0.1, -0.05) is 23.7 Å². The molecule has 0 aliphatic carbocycles. The third kappa shape index (κ3) is 3.72. The fourth-order valence-corrected chi connectivity index (χ4v) is 1.20. The van der Waals surface area contributed by atoms with Gasteiger partial charge in [0.2, 0.25) is 5.83 Å². The molecule has 2 nitrogen and oxygen atoms in total. The molecule has 1 rings (SSSR count). The molecule has 0 atom stereocenters. The van der Waals surface area contributed by atoms with E-state index in [9.17, 15) is 9.18 Å². The lowest BCUT2D eigenvalue weighted by molar-refractivity contribution is -0.140. The maximum Gasteiger partial charge on any atom is 0.367 e. The molecule has 1 aromatic rings. The number of halogens is 2. The molecule has 0 aliphatic rings. The molecule has 0 aromatic heterocycles. The first-order valence-corrected chi connectivity index (χ1v) is 4.81. The van der Waals surface area contributed by atoms with Crippen LogP contribution < -0.4 is 0 Å². The highest BCUT2D eigenvalue weighted by molar-refractivity contribution is 6.30. The van der Waals surface area contributed by atoms with E-state index in [-0.39, 0.29) is 6.61 Å². The normalized spacial score (nSPS) is 11.3. The number of hydrogen-bond acceptors (Lipinski definition) is 2. The maximum atomic E-state index is 13.1. The summed E-state index contributed by atoms with van der Waals surface area (Å²) >= 11 is 5.70. The predicted molar refractivity (Wildman–Crippen MR) is 57.2 cm³/mol. The Morgan fingerprint density at radius 1 is 1.60 bits per heavy atom. The van der Waals surface area contributed by atoms with Crippen molar-refractivity contribution in [2.45, 2.75) is 6.92 Å². The Balaban J connectivity index is 2.82. The predicted octanol–water partition coefficient (Wildman–Crippen LogP) is 3.21. The zero-order valence-corrected chi connectivity index (χ0v) is 8.92. The number of ether oxygens (including phenoxy) is 1. The van der Waals surface area contributed by atoms with Crippen LogP contribution in [-0.4, -0.2) is 12.6 Å². The maximum absolute atomic E-state index is 13.1. The monoisotopic (exact) mass is 228 g/mol. The molecule has 80 valence electrons. The summed E-state index contributed by atoms with van der Waals surface area (Å²) in [7, 11) is 0. The van der Waals surface area contributed by atoms with Gasteiger partial charge in [0.25, 0.3) is 0 Å². The van der Waals surface area contributed by atoms with Crippen molar-refractivity contribution in [3.8, 4) is 0 Å². The molecule has 0 N–H and O–H groups in total. The summed E-state index contributed by atoms with van der Waals surface area (Å²) in [6.07, 6.45) is 1.09. The van der Waals surface area contributed by atoms with Crippen molar-refractivity contribution in [2.75, 3.05) is 6.61 Å². The summed E-state index contributed by atoms with van der Waals surface area (Å²) in [5.41, 5.74) is 0.521. The van der Waals surface area contributed by atoms with Crippen LogP contribution in [-0.2, 0) is 9.53 Å². The second-order valence-corrected chi connectivity index (χ2v) is 3.20. The highest BCUT2D eigenvalue weighted by Crippen LogP contribution is 2.14. The van der Waals surface area contributed by atoms with E-state index in [0.29, 0.717) is 10.6 Å². The van der Waals surface area contributed by atoms with Gasteiger partial charge in [-0.25, -0.2) is 4.79 Å². The minimum atomic E-state index is -0.961. The summed E-state index contributed by atoms with van der Waals surface area (Å²) < 4.78 is 17.6. The molecule has 0 aliphatic heterocycles. The van der Waals surface area contributed by atoms with Crippen molar-refractivity contribution < 1.29 is 13.9 Å². The van der Waals surface area contributed by atoms with Crippen molar-refractivity contribution in [3.63, 3.8) is 0 Å². The Morgan fingerprint density at radius 2 is 2.33 bits per heavy atom. The lowest BCUT2D eigenvalue weighted by Crippen LogP contribution is -2.03. The Labute approximate surface area is 92.3 Å². The Kier molecular flexibility index (Phi) is 4.31. The number of rotatable bonds is 3. The second-order valence-electron chi connectivity index (χ2n) is 2.77. The molecule has 0 bridgehead atoms. The Bertz CT molecular complexity index is 388. The molecule has 0 amide bonds. The molecule has 1 aromatic carbocycles. The van der Waals surface area contributed by atoms with Crippen LogP contribution in [0.5, 0.6) is 0 Å². The van der Waals surface area contributed by atoms with Gasteiger partial charge in [-0.3, -0.25) is 0 Å². The summed E-state index contributed by atoms with van der Waals surface area (Å²) in [6, 6.07) is 6.54. The number of carbonyl (C=O) groups is 1. The van der Waals surface area contributed by atoms with E-state index < -0.39 is 11.8 Å². The lowest BCUT2D eigenvalue weighted by atomic mass is 10.2. The standard InChI is InChI=1S/C11H10ClFO2/c1-2-15-11(14)10(13)7-8-4-3-5-9(12)6-8/h3-7H,2H2,1H3/b10-7+. The van der Waals surface area contributed by atoms with E-state index in [1.807, 2.05) is 0 Å². The van der Waals surface area contributed by atoms with Gasteiger partial charge in [0.15, 0.2) is 0 Å². The van der Waals surface area contributed by atoms with Crippen LogP contribution in [0.1, 0.15) is 12.5 Å². The topological polar surface area (TPSA) is 26.3 Å². The lowest BCUT2D eigenvalue weighted by Gasteiger charge is -1.98. The largest absolute Gasteiger partial charge is 0.461 e. The molecule has 0 saturated heterocycles. The summed E-state index contributed by atoms with van der Waals surface area (Å²) in [5.74, 6) is -1.89. The van der Waals surface area contributed by atoms with E-state index in [1.54, 1.807) is 31.2 Å². The number of benzene rings is 1. The van der Waals surface area contributed by atoms with Crippen LogP contribution >= 0.6 is 11.6 Å². The molecule has 0 heterocycles. The van der Waals surface area contributed by atoms with Gasteiger partial charge >= 0.3 is 5.97 Å². The van der Waals surface area contributed by atoms with E-state index in [0.717, 1.165) is 6.08 Å². The van der Waals surface area contributed by atoms with Crippen LogP contribution in [0.4, 0.5) is 4.39 Å². The van der Waals surface area contributed by atoms with Crippen LogP contribution in [0.3, 0.4) is 0 Å². The molecule has 0 spiro atoms. The smallest absolute Gasteiger partial charge is 0.367 e. The number of esters is 1. The van der Waals surface area contributed by atoms with Gasteiger partial charge in [0, 0.05) is 5.02 Å². The minimum Gasteiger partial charge on any atom is -0.461 e. The fraction of sp³-hybridized carbons (Fsp3) is 0.182.